The average molecular weight is 403 g/mol. The maximum atomic E-state index is 12.1. The number of carbonyl (C=O) groups excluding carboxylic acids is 2. The molecule has 0 aliphatic rings. The first-order valence-corrected chi connectivity index (χ1v) is 9.23. The zero-order valence-electron chi connectivity index (χ0n) is 16.3. The number of rotatable bonds is 7. The molecule has 0 saturated carbocycles. The van der Waals surface area contributed by atoms with Gasteiger partial charge in [-0.05, 0) is 67.1 Å². The fourth-order valence-corrected chi connectivity index (χ4v) is 2.57. The highest BCUT2D eigenvalue weighted by atomic mass is 16.5. The second kappa shape index (κ2) is 9.88. The third-order valence-corrected chi connectivity index (χ3v) is 4.13. The number of benzene rings is 3. The summed E-state index contributed by atoms with van der Waals surface area (Å²) in [5.74, 6) is -0.123. The topological polar surface area (TPSA) is 100 Å². The SMILES string of the molecule is C/C(=N/NC(=O)c1cccc(O)c1)c1ccc(OCC(=O)Nc2ccccc2)cc1. The molecule has 0 aliphatic carbocycles. The number of phenolic OH excluding ortho intramolecular Hbond substituents is 1. The van der Waals surface area contributed by atoms with Gasteiger partial charge in [-0.15, -0.1) is 0 Å². The van der Waals surface area contributed by atoms with Crippen LogP contribution >= 0.6 is 0 Å². The maximum absolute atomic E-state index is 12.1. The van der Waals surface area contributed by atoms with E-state index in [9.17, 15) is 14.7 Å². The lowest BCUT2D eigenvalue weighted by Crippen LogP contribution is -2.20. The molecule has 3 rings (SSSR count). The summed E-state index contributed by atoms with van der Waals surface area (Å²) in [6, 6.07) is 22.2. The summed E-state index contributed by atoms with van der Waals surface area (Å²) in [4.78, 5) is 24.0. The second-order valence-corrected chi connectivity index (χ2v) is 6.42. The zero-order chi connectivity index (χ0) is 21.3. The van der Waals surface area contributed by atoms with Crippen molar-refractivity contribution in [1.29, 1.82) is 0 Å². The van der Waals surface area contributed by atoms with E-state index < -0.39 is 5.91 Å². The fraction of sp³-hybridized carbons (Fsp3) is 0.0870. The van der Waals surface area contributed by atoms with Crippen molar-refractivity contribution in [3.05, 3.63) is 90.0 Å². The minimum absolute atomic E-state index is 0.0105. The highest BCUT2D eigenvalue weighted by molar-refractivity contribution is 6.01. The maximum Gasteiger partial charge on any atom is 0.271 e. The normalized spacial score (nSPS) is 10.9. The van der Waals surface area contributed by atoms with Crippen LogP contribution in [-0.2, 0) is 4.79 Å². The smallest absolute Gasteiger partial charge is 0.271 e. The molecule has 0 spiro atoms. The average Bonchev–Trinajstić information content (AvgIpc) is 2.77. The van der Waals surface area contributed by atoms with Crippen molar-refractivity contribution in [3.63, 3.8) is 0 Å². The summed E-state index contributed by atoms with van der Waals surface area (Å²) in [6.45, 7) is 1.65. The van der Waals surface area contributed by atoms with Crippen molar-refractivity contribution in [2.75, 3.05) is 11.9 Å². The summed E-state index contributed by atoms with van der Waals surface area (Å²) in [5.41, 5.74) is 4.85. The zero-order valence-corrected chi connectivity index (χ0v) is 16.3. The second-order valence-electron chi connectivity index (χ2n) is 6.42. The van der Waals surface area contributed by atoms with E-state index in [4.69, 9.17) is 4.74 Å². The van der Waals surface area contributed by atoms with Crippen molar-refractivity contribution in [2.45, 2.75) is 6.92 Å². The molecule has 0 radical (unpaired) electrons. The Bertz CT molecular complexity index is 1050. The van der Waals surface area contributed by atoms with E-state index in [-0.39, 0.29) is 18.3 Å². The number of hydrogen-bond acceptors (Lipinski definition) is 5. The molecular formula is C23H21N3O4. The molecule has 3 aromatic rings. The number of aromatic hydroxyl groups is 1. The fourth-order valence-electron chi connectivity index (χ4n) is 2.57. The first-order valence-electron chi connectivity index (χ1n) is 9.23. The van der Waals surface area contributed by atoms with Crippen molar-refractivity contribution >= 4 is 23.2 Å². The van der Waals surface area contributed by atoms with Crippen LogP contribution in [0, 0.1) is 0 Å². The number of nitrogens with zero attached hydrogens (tertiary/aromatic N) is 1. The molecule has 0 aliphatic heterocycles. The van der Waals surface area contributed by atoms with Crippen LogP contribution in [0.3, 0.4) is 0 Å². The highest BCUT2D eigenvalue weighted by Crippen LogP contribution is 2.14. The van der Waals surface area contributed by atoms with Crippen LogP contribution in [0.25, 0.3) is 0 Å². The number of carbonyl (C=O) groups is 2. The molecule has 0 aromatic heterocycles. The van der Waals surface area contributed by atoms with E-state index in [1.165, 1.54) is 12.1 Å². The lowest BCUT2D eigenvalue weighted by molar-refractivity contribution is -0.118. The molecule has 2 amide bonds. The van der Waals surface area contributed by atoms with Crippen LogP contribution in [0.5, 0.6) is 11.5 Å². The molecule has 7 nitrogen and oxygen atoms in total. The van der Waals surface area contributed by atoms with E-state index >= 15 is 0 Å². The number of hydrogen-bond donors (Lipinski definition) is 3. The van der Waals surface area contributed by atoms with Gasteiger partial charge in [-0.25, -0.2) is 5.43 Å². The van der Waals surface area contributed by atoms with E-state index in [0.29, 0.717) is 22.7 Å². The van der Waals surface area contributed by atoms with Gasteiger partial charge in [0.05, 0.1) is 5.71 Å². The number of ether oxygens (including phenoxy) is 1. The molecule has 3 aromatic carbocycles. The third-order valence-electron chi connectivity index (χ3n) is 4.13. The summed E-state index contributed by atoms with van der Waals surface area (Å²) in [6.07, 6.45) is 0. The van der Waals surface area contributed by atoms with Crippen molar-refractivity contribution in [3.8, 4) is 11.5 Å². The first kappa shape index (κ1) is 20.6. The van der Waals surface area contributed by atoms with Gasteiger partial charge < -0.3 is 15.2 Å². The monoisotopic (exact) mass is 403 g/mol. The van der Waals surface area contributed by atoms with Crippen molar-refractivity contribution < 1.29 is 19.4 Å². The number of para-hydroxylation sites is 1. The Morgan fingerprint density at radius 2 is 1.67 bits per heavy atom. The lowest BCUT2D eigenvalue weighted by atomic mass is 10.1. The summed E-state index contributed by atoms with van der Waals surface area (Å²) in [7, 11) is 0. The van der Waals surface area contributed by atoms with E-state index in [2.05, 4.69) is 15.8 Å². The molecule has 0 bridgehead atoms. The minimum Gasteiger partial charge on any atom is -0.508 e. The Morgan fingerprint density at radius 1 is 0.933 bits per heavy atom. The number of hydrazone groups is 1. The van der Waals surface area contributed by atoms with Gasteiger partial charge in [0, 0.05) is 11.3 Å². The molecule has 7 heteroatoms. The highest BCUT2D eigenvalue weighted by Gasteiger charge is 2.07. The molecule has 0 heterocycles. The number of nitrogens with one attached hydrogen (secondary N) is 2. The Morgan fingerprint density at radius 3 is 2.37 bits per heavy atom. The largest absolute Gasteiger partial charge is 0.508 e. The van der Waals surface area contributed by atoms with E-state index in [1.54, 1.807) is 55.5 Å². The molecule has 152 valence electrons. The van der Waals surface area contributed by atoms with Gasteiger partial charge in [-0.2, -0.15) is 5.10 Å². The number of phenols is 1. The standard InChI is InChI=1S/C23H21N3O4/c1-16(25-26-23(29)18-6-5-9-20(27)14-18)17-10-12-21(13-11-17)30-15-22(28)24-19-7-3-2-4-8-19/h2-14,27H,15H2,1H3,(H,24,28)(H,26,29)/b25-16-. The Hall–Kier alpha value is -4.13. The molecule has 0 saturated heterocycles. The molecule has 0 atom stereocenters. The number of amides is 2. The van der Waals surface area contributed by atoms with Crippen LogP contribution < -0.4 is 15.5 Å². The van der Waals surface area contributed by atoms with Crippen LogP contribution in [0.1, 0.15) is 22.8 Å². The summed E-state index contributed by atoms with van der Waals surface area (Å²) >= 11 is 0. The van der Waals surface area contributed by atoms with E-state index in [0.717, 1.165) is 5.56 Å². The summed E-state index contributed by atoms with van der Waals surface area (Å²) < 4.78 is 5.50. The van der Waals surface area contributed by atoms with Gasteiger partial charge in [0.15, 0.2) is 6.61 Å². The predicted molar refractivity (Wildman–Crippen MR) is 115 cm³/mol. The van der Waals surface area contributed by atoms with Crippen LogP contribution in [-0.4, -0.2) is 29.2 Å². The molecular weight excluding hydrogens is 382 g/mol. The predicted octanol–water partition coefficient (Wildman–Crippen LogP) is 3.56. The van der Waals surface area contributed by atoms with Crippen LogP contribution in [0.2, 0.25) is 0 Å². The van der Waals surface area contributed by atoms with Crippen molar-refractivity contribution in [2.24, 2.45) is 5.10 Å². The first-order chi connectivity index (χ1) is 14.5. The van der Waals surface area contributed by atoms with Gasteiger partial charge in [0.25, 0.3) is 11.8 Å². The van der Waals surface area contributed by atoms with Crippen molar-refractivity contribution in [1.82, 2.24) is 5.43 Å². The van der Waals surface area contributed by atoms with E-state index in [1.807, 2.05) is 18.2 Å². The van der Waals surface area contributed by atoms with Crippen LogP contribution in [0.4, 0.5) is 5.69 Å². The number of anilines is 1. The Kier molecular flexibility index (Phi) is 6.78. The Labute approximate surface area is 174 Å². The molecule has 30 heavy (non-hydrogen) atoms. The van der Waals surface area contributed by atoms with Gasteiger partial charge in [-0.1, -0.05) is 24.3 Å². The third kappa shape index (κ3) is 5.93. The van der Waals surface area contributed by atoms with Gasteiger partial charge >= 0.3 is 0 Å². The molecule has 0 unspecified atom stereocenters. The quantitative estimate of drug-likeness (QED) is 0.415. The summed E-state index contributed by atoms with van der Waals surface area (Å²) in [5, 5.41) is 16.3. The molecule has 0 fully saturated rings. The molecule has 3 N–H and O–H groups in total. The minimum atomic E-state index is -0.422. The Balaban J connectivity index is 1.52. The van der Waals surface area contributed by atoms with Gasteiger partial charge in [0.1, 0.15) is 11.5 Å². The van der Waals surface area contributed by atoms with Crippen LogP contribution in [0.15, 0.2) is 84.0 Å². The lowest BCUT2D eigenvalue weighted by Gasteiger charge is -2.08. The van der Waals surface area contributed by atoms with Gasteiger partial charge in [-0.3, -0.25) is 9.59 Å². The van der Waals surface area contributed by atoms with Gasteiger partial charge in [0.2, 0.25) is 0 Å².